The predicted molar refractivity (Wildman–Crippen MR) is 128 cm³/mol. The summed E-state index contributed by atoms with van der Waals surface area (Å²) in [5.41, 5.74) is 17.2. The van der Waals surface area contributed by atoms with Gasteiger partial charge in [0.25, 0.3) is 5.91 Å². The standard InChI is InChI=1S/C23H27F6N7O3/c24-15-5-6-17(20(26)19(15)25)33-22(39)36(12-13-1-3-14(4-2-13)23(27,28)29)34-21(38)16(32)11-18(37)35(9-7-30)10-8-31/h1-6,16H,7-12,30-32H2,(H,33,39)(H,34,38)/t16-/m0/s1. The third kappa shape index (κ3) is 8.83. The second-order valence-corrected chi connectivity index (χ2v) is 8.18. The summed E-state index contributed by atoms with van der Waals surface area (Å²) >= 11 is 0. The van der Waals surface area contributed by atoms with Gasteiger partial charge in [0.15, 0.2) is 17.5 Å². The zero-order valence-electron chi connectivity index (χ0n) is 20.4. The van der Waals surface area contributed by atoms with E-state index in [9.17, 15) is 40.7 Å². The number of nitrogens with zero attached hydrogens (tertiary/aromatic N) is 2. The van der Waals surface area contributed by atoms with Gasteiger partial charge in [-0.3, -0.25) is 15.0 Å². The van der Waals surface area contributed by atoms with Crippen molar-refractivity contribution in [1.29, 1.82) is 0 Å². The third-order valence-electron chi connectivity index (χ3n) is 5.27. The minimum absolute atomic E-state index is 0.0888. The Hall–Kier alpha value is -3.89. The molecular formula is C23H27F6N7O3. The Morgan fingerprint density at radius 1 is 0.897 bits per heavy atom. The number of anilines is 1. The maximum atomic E-state index is 14.1. The number of carbonyl (C=O) groups is 3. The van der Waals surface area contributed by atoms with E-state index in [1.165, 1.54) is 4.90 Å². The molecule has 2 rings (SSSR count). The predicted octanol–water partition coefficient (Wildman–Crippen LogP) is 1.65. The first-order chi connectivity index (χ1) is 18.3. The molecule has 0 unspecified atom stereocenters. The van der Waals surface area contributed by atoms with E-state index in [2.05, 4.69) is 5.43 Å². The summed E-state index contributed by atoms with van der Waals surface area (Å²) in [6.45, 7) is -0.0308. The number of hydrazine groups is 1. The molecule has 2 aromatic rings. The molecule has 8 N–H and O–H groups in total. The highest BCUT2D eigenvalue weighted by Crippen LogP contribution is 2.29. The molecule has 0 heterocycles. The van der Waals surface area contributed by atoms with Crippen molar-refractivity contribution in [2.75, 3.05) is 31.5 Å². The minimum atomic E-state index is -4.63. The number of carbonyl (C=O) groups excluding carboxylic acids is 3. The average Bonchev–Trinajstić information content (AvgIpc) is 2.88. The van der Waals surface area contributed by atoms with Gasteiger partial charge in [-0.05, 0) is 29.8 Å². The van der Waals surface area contributed by atoms with Crippen LogP contribution in [0.5, 0.6) is 0 Å². The van der Waals surface area contributed by atoms with Gasteiger partial charge in [-0.15, -0.1) is 0 Å². The Labute approximate surface area is 219 Å². The number of amides is 4. The normalized spacial score (nSPS) is 12.0. The largest absolute Gasteiger partial charge is 0.416 e. The van der Waals surface area contributed by atoms with E-state index in [4.69, 9.17) is 17.2 Å². The number of alkyl halides is 3. The third-order valence-corrected chi connectivity index (χ3v) is 5.27. The van der Waals surface area contributed by atoms with E-state index in [1.54, 1.807) is 0 Å². The second-order valence-electron chi connectivity index (χ2n) is 8.18. The number of hydrogen-bond acceptors (Lipinski definition) is 6. The SMILES string of the molecule is NCCN(CCN)C(=O)C[C@H](N)C(=O)NN(Cc1ccc(C(F)(F)F)cc1)C(=O)Nc1ccc(F)c(F)c1F. The summed E-state index contributed by atoms with van der Waals surface area (Å²) in [5.74, 6) is -6.74. The highest BCUT2D eigenvalue weighted by Gasteiger charge is 2.30. The van der Waals surface area contributed by atoms with Crippen molar-refractivity contribution in [2.45, 2.75) is 25.2 Å². The average molecular weight is 564 g/mol. The first-order valence-electron chi connectivity index (χ1n) is 11.4. The van der Waals surface area contributed by atoms with Crippen molar-refractivity contribution in [3.63, 3.8) is 0 Å². The van der Waals surface area contributed by atoms with Crippen LogP contribution in [0.25, 0.3) is 0 Å². The second kappa shape index (κ2) is 13.8. The van der Waals surface area contributed by atoms with E-state index in [0.717, 1.165) is 30.3 Å². The van der Waals surface area contributed by atoms with Crippen LogP contribution in [0.15, 0.2) is 36.4 Å². The zero-order chi connectivity index (χ0) is 29.3. The lowest BCUT2D eigenvalue weighted by Gasteiger charge is -2.27. The molecule has 0 aliphatic heterocycles. The number of halogens is 6. The number of benzene rings is 2. The molecule has 10 nitrogen and oxygen atoms in total. The molecule has 0 aliphatic rings. The zero-order valence-corrected chi connectivity index (χ0v) is 20.4. The van der Waals surface area contributed by atoms with Crippen molar-refractivity contribution in [2.24, 2.45) is 17.2 Å². The molecule has 16 heteroatoms. The molecule has 0 fully saturated rings. The van der Waals surface area contributed by atoms with Crippen LogP contribution in [-0.2, 0) is 22.3 Å². The number of nitrogens with one attached hydrogen (secondary N) is 2. The fourth-order valence-corrected chi connectivity index (χ4v) is 3.25. The summed E-state index contributed by atoms with van der Waals surface area (Å²) in [5, 5.41) is 2.46. The van der Waals surface area contributed by atoms with Crippen molar-refractivity contribution in [1.82, 2.24) is 15.3 Å². The topological polar surface area (TPSA) is 160 Å². The maximum Gasteiger partial charge on any atom is 0.416 e. The van der Waals surface area contributed by atoms with Crippen LogP contribution in [0.2, 0.25) is 0 Å². The Bertz CT molecular complexity index is 1160. The monoisotopic (exact) mass is 563 g/mol. The van der Waals surface area contributed by atoms with Crippen LogP contribution in [0, 0.1) is 17.5 Å². The first-order valence-corrected chi connectivity index (χ1v) is 11.4. The summed E-state index contributed by atoms with van der Waals surface area (Å²) in [6, 6.07) is 1.99. The Morgan fingerprint density at radius 2 is 1.49 bits per heavy atom. The van der Waals surface area contributed by atoms with Crippen molar-refractivity contribution in [3.05, 3.63) is 65.0 Å². The van der Waals surface area contributed by atoms with Gasteiger partial charge >= 0.3 is 12.2 Å². The molecule has 39 heavy (non-hydrogen) atoms. The van der Waals surface area contributed by atoms with E-state index in [-0.39, 0.29) is 31.7 Å². The van der Waals surface area contributed by atoms with Crippen molar-refractivity contribution < 1.29 is 40.7 Å². The molecule has 0 saturated carbocycles. The van der Waals surface area contributed by atoms with Crippen molar-refractivity contribution >= 4 is 23.5 Å². The van der Waals surface area contributed by atoms with Gasteiger partial charge in [0.2, 0.25) is 5.91 Å². The highest BCUT2D eigenvalue weighted by molar-refractivity contribution is 5.93. The molecule has 4 amide bonds. The van der Waals surface area contributed by atoms with Crippen LogP contribution in [-0.4, -0.2) is 60.0 Å². The Kier molecular flexibility index (Phi) is 11.1. The molecule has 0 aliphatic carbocycles. The summed E-state index contributed by atoms with van der Waals surface area (Å²) in [7, 11) is 0. The lowest BCUT2D eigenvalue weighted by Crippen LogP contribution is -2.54. The lowest BCUT2D eigenvalue weighted by atomic mass is 10.1. The quantitative estimate of drug-likeness (QED) is 0.168. The van der Waals surface area contributed by atoms with Crippen molar-refractivity contribution in [3.8, 4) is 0 Å². The Morgan fingerprint density at radius 3 is 2.03 bits per heavy atom. The van der Waals surface area contributed by atoms with Crippen LogP contribution < -0.4 is 27.9 Å². The molecule has 0 aromatic heterocycles. The van der Waals surface area contributed by atoms with Crippen LogP contribution >= 0.6 is 0 Å². The molecule has 1 atom stereocenters. The van der Waals surface area contributed by atoms with Gasteiger partial charge in [0.05, 0.1) is 30.3 Å². The van der Waals surface area contributed by atoms with Gasteiger partial charge in [0, 0.05) is 26.2 Å². The first kappa shape index (κ1) is 31.3. The molecule has 0 radical (unpaired) electrons. The molecule has 0 spiro atoms. The molecule has 2 aromatic carbocycles. The van der Waals surface area contributed by atoms with Gasteiger partial charge < -0.3 is 27.4 Å². The Balaban J connectivity index is 2.25. The fourth-order valence-electron chi connectivity index (χ4n) is 3.25. The van der Waals surface area contributed by atoms with E-state index in [0.29, 0.717) is 11.1 Å². The fraction of sp³-hybridized carbons (Fsp3) is 0.348. The summed E-state index contributed by atoms with van der Waals surface area (Å²) < 4.78 is 79.6. The number of nitrogens with two attached hydrogens (primary N) is 3. The van der Waals surface area contributed by atoms with Gasteiger partial charge in [-0.1, -0.05) is 12.1 Å². The van der Waals surface area contributed by atoms with Gasteiger partial charge in [-0.25, -0.2) is 23.0 Å². The van der Waals surface area contributed by atoms with Crippen LogP contribution in [0.4, 0.5) is 36.8 Å². The molecule has 214 valence electrons. The highest BCUT2D eigenvalue weighted by atomic mass is 19.4. The molecule has 0 bridgehead atoms. The number of rotatable bonds is 10. The number of urea groups is 1. The maximum absolute atomic E-state index is 14.1. The van der Waals surface area contributed by atoms with E-state index < -0.39 is 71.7 Å². The lowest BCUT2D eigenvalue weighted by molar-refractivity contribution is -0.137. The van der Waals surface area contributed by atoms with E-state index in [1.807, 2.05) is 5.32 Å². The van der Waals surface area contributed by atoms with E-state index >= 15 is 0 Å². The number of hydrogen-bond donors (Lipinski definition) is 5. The van der Waals surface area contributed by atoms with Gasteiger partial charge in [-0.2, -0.15) is 13.2 Å². The van der Waals surface area contributed by atoms with Crippen LogP contribution in [0.3, 0.4) is 0 Å². The molecular weight excluding hydrogens is 536 g/mol. The molecule has 0 saturated heterocycles. The minimum Gasteiger partial charge on any atom is -0.340 e. The smallest absolute Gasteiger partial charge is 0.340 e. The van der Waals surface area contributed by atoms with Gasteiger partial charge in [0.1, 0.15) is 0 Å². The summed E-state index contributed by atoms with van der Waals surface area (Å²) in [4.78, 5) is 39.3. The van der Waals surface area contributed by atoms with Crippen LogP contribution in [0.1, 0.15) is 17.5 Å². The summed E-state index contributed by atoms with van der Waals surface area (Å²) in [6.07, 6.45) is -5.14.